The van der Waals surface area contributed by atoms with E-state index in [2.05, 4.69) is 10.3 Å². The van der Waals surface area contributed by atoms with E-state index >= 15 is 0 Å². The molecule has 17 heavy (non-hydrogen) atoms. The Bertz CT molecular complexity index is 471. The number of nitrogens with zero attached hydrogens (tertiary/aromatic N) is 1. The van der Waals surface area contributed by atoms with Gasteiger partial charge in [0.15, 0.2) is 5.96 Å². The fourth-order valence-corrected chi connectivity index (χ4v) is 2.25. The summed E-state index contributed by atoms with van der Waals surface area (Å²) in [4.78, 5) is 4.43. The molecule has 2 aliphatic rings. The highest BCUT2D eigenvalue weighted by Gasteiger charge is 2.27. The molecule has 1 saturated carbocycles. The zero-order valence-corrected chi connectivity index (χ0v) is 10.1. The van der Waals surface area contributed by atoms with E-state index in [1.807, 2.05) is 18.2 Å². The summed E-state index contributed by atoms with van der Waals surface area (Å²) in [5, 5.41) is 3.85. The molecule has 1 aromatic carbocycles. The minimum absolute atomic E-state index is 0.0926. The standard InChI is InChI=1S/C12H14ClN3O/c13-8-2-1-3-10-11(8)9(6-17-10)16-12(14)15-7-4-5-7/h1-3,7,9H,4-6H2,(H3,14,15,16). The highest BCUT2D eigenvalue weighted by atomic mass is 35.5. The van der Waals surface area contributed by atoms with Crippen molar-refractivity contribution in [3.05, 3.63) is 28.8 Å². The fraction of sp³-hybridized carbons (Fsp3) is 0.417. The Hall–Kier alpha value is -1.42. The van der Waals surface area contributed by atoms with E-state index in [0.29, 0.717) is 23.6 Å². The summed E-state index contributed by atoms with van der Waals surface area (Å²) in [5.74, 6) is 1.29. The number of hydrogen-bond donors (Lipinski definition) is 2. The number of guanidine groups is 1. The summed E-state index contributed by atoms with van der Waals surface area (Å²) < 4.78 is 5.54. The van der Waals surface area contributed by atoms with Crippen molar-refractivity contribution in [2.24, 2.45) is 10.7 Å². The number of halogens is 1. The van der Waals surface area contributed by atoms with Gasteiger partial charge in [0.25, 0.3) is 0 Å². The molecule has 1 heterocycles. The van der Waals surface area contributed by atoms with Crippen molar-refractivity contribution in [1.29, 1.82) is 0 Å². The molecule has 5 heteroatoms. The number of rotatable bonds is 2. The molecule has 4 nitrogen and oxygen atoms in total. The third kappa shape index (κ3) is 2.17. The molecule has 1 unspecified atom stereocenters. The number of nitrogens with two attached hydrogens (primary N) is 1. The molecule has 90 valence electrons. The molecule has 1 atom stereocenters. The van der Waals surface area contributed by atoms with Gasteiger partial charge in [0, 0.05) is 16.6 Å². The van der Waals surface area contributed by atoms with Crippen molar-refractivity contribution in [3.8, 4) is 5.75 Å². The molecule has 0 bridgehead atoms. The van der Waals surface area contributed by atoms with Crippen molar-refractivity contribution in [3.63, 3.8) is 0 Å². The first-order valence-electron chi connectivity index (χ1n) is 5.75. The smallest absolute Gasteiger partial charge is 0.189 e. The Labute approximate surface area is 105 Å². The molecular formula is C12H14ClN3O. The largest absolute Gasteiger partial charge is 0.491 e. The van der Waals surface area contributed by atoms with Gasteiger partial charge in [0.1, 0.15) is 18.4 Å². The highest BCUT2D eigenvalue weighted by molar-refractivity contribution is 6.31. The maximum Gasteiger partial charge on any atom is 0.189 e. The molecule has 0 amide bonds. The lowest BCUT2D eigenvalue weighted by molar-refractivity contribution is 0.333. The Balaban J connectivity index is 1.82. The topological polar surface area (TPSA) is 59.6 Å². The van der Waals surface area contributed by atoms with Gasteiger partial charge in [-0.05, 0) is 25.0 Å². The molecule has 3 rings (SSSR count). The van der Waals surface area contributed by atoms with Crippen molar-refractivity contribution >= 4 is 17.6 Å². The van der Waals surface area contributed by atoms with Crippen LogP contribution in [0.3, 0.4) is 0 Å². The van der Waals surface area contributed by atoms with Crippen LogP contribution in [-0.4, -0.2) is 18.6 Å². The lowest BCUT2D eigenvalue weighted by Gasteiger charge is -2.08. The van der Waals surface area contributed by atoms with Crippen LogP contribution in [0.15, 0.2) is 23.2 Å². The summed E-state index contributed by atoms with van der Waals surface area (Å²) in [6.45, 7) is 0.506. The molecule has 1 aliphatic carbocycles. The number of ether oxygens (including phenoxy) is 1. The van der Waals surface area contributed by atoms with Crippen molar-refractivity contribution < 1.29 is 4.74 Å². The predicted octanol–water partition coefficient (Wildman–Crippen LogP) is 1.84. The second-order valence-corrected chi connectivity index (χ2v) is 4.82. The van der Waals surface area contributed by atoms with Gasteiger partial charge in [-0.25, -0.2) is 4.99 Å². The van der Waals surface area contributed by atoms with Crippen LogP contribution in [0, 0.1) is 0 Å². The maximum atomic E-state index is 6.16. The number of aliphatic imine (C=N–C) groups is 1. The fourth-order valence-electron chi connectivity index (χ4n) is 1.96. The van der Waals surface area contributed by atoms with E-state index in [1.54, 1.807) is 0 Å². The van der Waals surface area contributed by atoms with Crippen LogP contribution in [0.25, 0.3) is 0 Å². The number of benzene rings is 1. The Kier molecular flexibility index (Phi) is 2.59. The maximum absolute atomic E-state index is 6.16. The van der Waals surface area contributed by atoms with Gasteiger partial charge in [-0.2, -0.15) is 0 Å². The molecule has 0 aromatic heterocycles. The first-order valence-corrected chi connectivity index (χ1v) is 6.13. The lowest BCUT2D eigenvalue weighted by Crippen LogP contribution is -2.33. The number of nitrogens with one attached hydrogen (secondary N) is 1. The van der Waals surface area contributed by atoms with E-state index in [0.717, 1.165) is 11.3 Å². The van der Waals surface area contributed by atoms with Gasteiger partial charge in [-0.1, -0.05) is 17.7 Å². The van der Waals surface area contributed by atoms with Gasteiger partial charge in [0.2, 0.25) is 0 Å². The second-order valence-electron chi connectivity index (χ2n) is 4.41. The van der Waals surface area contributed by atoms with Gasteiger partial charge < -0.3 is 15.8 Å². The van der Waals surface area contributed by atoms with E-state index in [4.69, 9.17) is 22.1 Å². The van der Waals surface area contributed by atoms with Crippen LogP contribution in [0.4, 0.5) is 0 Å². The number of fused-ring (bicyclic) bond motifs is 1. The molecule has 0 radical (unpaired) electrons. The molecule has 1 fully saturated rings. The molecular weight excluding hydrogens is 238 g/mol. The second kappa shape index (κ2) is 4.11. The minimum atomic E-state index is -0.0926. The molecule has 0 saturated heterocycles. The molecule has 1 aromatic rings. The SMILES string of the molecule is NC(=NC1COc2cccc(Cl)c21)NC1CC1. The van der Waals surface area contributed by atoms with Crippen LogP contribution in [0.1, 0.15) is 24.4 Å². The summed E-state index contributed by atoms with van der Waals surface area (Å²) in [7, 11) is 0. The zero-order valence-electron chi connectivity index (χ0n) is 9.32. The minimum Gasteiger partial charge on any atom is -0.491 e. The van der Waals surface area contributed by atoms with Gasteiger partial charge in [-0.3, -0.25) is 0 Å². The summed E-state index contributed by atoms with van der Waals surface area (Å²) >= 11 is 6.16. The molecule has 1 aliphatic heterocycles. The quantitative estimate of drug-likeness (QED) is 0.623. The van der Waals surface area contributed by atoms with Gasteiger partial charge in [0.05, 0.1) is 0 Å². The van der Waals surface area contributed by atoms with Crippen LogP contribution in [0.2, 0.25) is 5.02 Å². The predicted molar refractivity (Wildman–Crippen MR) is 67.5 cm³/mol. The van der Waals surface area contributed by atoms with Gasteiger partial charge >= 0.3 is 0 Å². The lowest BCUT2D eigenvalue weighted by atomic mass is 10.1. The Morgan fingerprint density at radius 3 is 3.06 bits per heavy atom. The van der Waals surface area contributed by atoms with Crippen LogP contribution in [-0.2, 0) is 0 Å². The highest BCUT2D eigenvalue weighted by Crippen LogP contribution is 2.39. The summed E-state index contributed by atoms with van der Waals surface area (Å²) in [6.07, 6.45) is 2.35. The van der Waals surface area contributed by atoms with Crippen LogP contribution < -0.4 is 15.8 Å². The van der Waals surface area contributed by atoms with Crippen molar-refractivity contribution in [1.82, 2.24) is 5.32 Å². The number of hydrogen-bond acceptors (Lipinski definition) is 2. The van der Waals surface area contributed by atoms with Crippen LogP contribution in [0.5, 0.6) is 5.75 Å². The van der Waals surface area contributed by atoms with Crippen molar-refractivity contribution in [2.45, 2.75) is 24.9 Å². The first-order chi connectivity index (χ1) is 8.24. The van der Waals surface area contributed by atoms with E-state index in [9.17, 15) is 0 Å². The molecule has 0 spiro atoms. The summed E-state index contributed by atoms with van der Waals surface area (Å²) in [5.41, 5.74) is 6.78. The zero-order chi connectivity index (χ0) is 11.8. The van der Waals surface area contributed by atoms with Gasteiger partial charge in [-0.15, -0.1) is 0 Å². The average Bonchev–Trinajstić information content (AvgIpc) is 3.00. The van der Waals surface area contributed by atoms with Crippen molar-refractivity contribution in [2.75, 3.05) is 6.61 Å². The third-order valence-electron chi connectivity index (χ3n) is 2.97. The first kappa shape index (κ1) is 10.7. The normalized spacial score (nSPS) is 23.1. The van der Waals surface area contributed by atoms with E-state index in [1.165, 1.54) is 12.8 Å². The molecule has 3 N–H and O–H groups in total. The third-order valence-corrected chi connectivity index (χ3v) is 3.30. The Morgan fingerprint density at radius 2 is 2.29 bits per heavy atom. The Morgan fingerprint density at radius 1 is 1.47 bits per heavy atom. The van der Waals surface area contributed by atoms with E-state index in [-0.39, 0.29) is 6.04 Å². The van der Waals surface area contributed by atoms with E-state index < -0.39 is 0 Å². The average molecular weight is 252 g/mol. The monoisotopic (exact) mass is 251 g/mol. The van der Waals surface area contributed by atoms with Crippen LogP contribution >= 0.6 is 11.6 Å². The summed E-state index contributed by atoms with van der Waals surface area (Å²) in [6, 6.07) is 6.04.